The van der Waals surface area contributed by atoms with Crippen LogP contribution in [0.2, 0.25) is 5.02 Å². The Morgan fingerprint density at radius 1 is 1.03 bits per heavy atom. The van der Waals surface area contributed by atoms with Crippen LogP contribution in [0.1, 0.15) is 11.1 Å². The first-order valence-corrected chi connectivity index (χ1v) is 13.1. The highest BCUT2D eigenvalue weighted by Gasteiger charge is 2.31. The van der Waals surface area contributed by atoms with Gasteiger partial charge in [-0.25, -0.2) is 4.68 Å². The molecule has 4 aromatic rings. The van der Waals surface area contributed by atoms with Gasteiger partial charge in [0.1, 0.15) is 16.7 Å². The summed E-state index contributed by atoms with van der Waals surface area (Å²) >= 11 is 12.9. The number of hydrogen-bond donors (Lipinski definition) is 0. The zero-order valence-corrected chi connectivity index (χ0v) is 22.1. The van der Waals surface area contributed by atoms with Crippen LogP contribution in [0, 0.1) is 0 Å². The van der Waals surface area contributed by atoms with Crippen molar-refractivity contribution in [2.24, 2.45) is 0 Å². The molecule has 0 N–H and O–H groups in total. The third kappa shape index (κ3) is 5.54. The van der Waals surface area contributed by atoms with Crippen molar-refractivity contribution in [1.82, 2.24) is 14.7 Å². The van der Waals surface area contributed by atoms with Gasteiger partial charge in [0.15, 0.2) is 0 Å². The largest absolute Gasteiger partial charge is 0.489 e. The molecule has 0 radical (unpaired) electrons. The number of thiocarbonyl (C=S) groups is 1. The molecular weight excluding hydrogens is 522 g/mol. The number of amides is 1. The lowest BCUT2D eigenvalue weighted by Gasteiger charge is -2.10. The molecular formula is C29H22ClN3O2S2. The first-order valence-electron chi connectivity index (χ1n) is 11.5. The Hall–Kier alpha value is -3.65. The van der Waals surface area contributed by atoms with E-state index in [9.17, 15) is 4.79 Å². The molecule has 1 aliphatic rings. The van der Waals surface area contributed by atoms with E-state index in [4.69, 9.17) is 33.7 Å². The second-order valence-corrected chi connectivity index (χ2v) is 10.3. The number of carbonyl (C=O) groups is 1. The van der Waals surface area contributed by atoms with Crippen molar-refractivity contribution < 1.29 is 9.53 Å². The summed E-state index contributed by atoms with van der Waals surface area (Å²) in [6, 6.07) is 25.2. The van der Waals surface area contributed by atoms with Gasteiger partial charge in [0, 0.05) is 34.5 Å². The van der Waals surface area contributed by atoms with Gasteiger partial charge in [0.05, 0.1) is 16.3 Å². The fraction of sp³-hybridized carbons (Fsp3) is 0.0690. The molecule has 5 nitrogen and oxygen atoms in total. The van der Waals surface area contributed by atoms with Gasteiger partial charge in [-0.2, -0.15) is 5.10 Å². The highest BCUT2D eigenvalue weighted by Crippen LogP contribution is 2.35. The third-order valence-corrected chi connectivity index (χ3v) is 7.46. The minimum Gasteiger partial charge on any atom is -0.489 e. The summed E-state index contributed by atoms with van der Waals surface area (Å²) in [4.78, 5) is 15.0. The first kappa shape index (κ1) is 25.0. The van der Waals surface area contributed by atoms with Crippen LogP contribution in [0.4, 0.5) is 0 Å². The lowest BCUT2D eigenvalue weighted by Crippen LogP contribution is -2.27. The van der Waals surface area contributed by atoms with E-state index in [2.05, 4.69) is 6.58 Å². The molecule has 1 saturated heterocycles. The molecule has 0 aliphatic carbocycles. The summed E-state index contributed by atoms with van der Waals surface area (Å²) in [5.74, 6) is 0.592. The molecule has 37 heavy (non-hydrogen) atoms. The van der Waals surface area contributed by atoms with Crippen LogP contribution in [-0.4, -0.2) is 31.5 Å². The summed E-state index contributed by atoms with van der Waals surface area (Å²) in [6.45, 7) is 4.48. The highest BCUT2D eigenvalue weighted by molar-refractivity contribution is 8.26. The van der Waals surface area contributed by atoms with Gasteiger partial charge in [0.25, 0.3) is 5.91 Å². The van der Waals surface area contributed by atoms with E-state index in [0.717, 1.165) is 33.8 Å². The monoisotopic (exact) mass is 543 g/mol. The Kier molecular flexibility index (Phi) is 7.55. The van der Waals surface area contributed by atoms with E-state index in [1.54, 1.807) is 11.0 Å². The van der Waals surface area contributed by atoms with E-state index in [0.29, 0.717) is 27.4 Å². The molecule has 0 saturated carbocycles. The summed E-state index contributed by atoms with van der Waals surface area (Å²) in [5.41, 5.74) is 4.30. The second kappa shape index (κ2) is 11.2. The molecule has 0 spiro atoms. The van der Waals surface area contributed by atoms with Gasteiger partial charge < -0.3 is 4.74 Å². The van der Waals surface area contributed by atoms with Crippen LogP contribution in [0.5, 0.6) is 5.75 Å². The van der Waals surface area contributed by atoms with E-state index in [1.807, 2.05) is 95.8 Å². The summed E-state index contributed by atoms with van der Waals surface area (Å²) < 4.78 is 8.27. The quantitative estimate of drug-likeness (QED) is 0.134. The van der Waals surface area contributed by atoms with Gasteiger partial charge in [-0.1, -0.05) is 78.1 Å². The molecule has 2 heterocycles. The average molecular weight is 544 g/mol. The van der Waals surface area contributed by atoms with E-state index >= 15 is 0 Å². The van der Waals surface area contributed by atoms with Crippen molar-refractivity contribution in [3.05, 3.63) is 119 Å². The number of halogens is 1. The summed E-state index contributed by atoms with van der Waals surface area (Å²) in [7, 11) is 0. The maximum atomic E-state index is 12.9. The number of benzene rings is 3. The summed E-state index contributed by atoms with van der Waals surface area (Å²) in [6.07, 6.45) is 5.44. The summed E-state index contributed by atoms with van der Waals surface area (Å²) in [5, 5.41) is 5.53. The van der Waals surface area contributed by atoms with Crippen molar-refractivity contribution in [1.29, 1.82) is 0 Å². The Bertz CT molecular complexity index is 1500. The van der Waals surface area contributed by atoms with Crippen LogP contribution in [-0.2, 0) is 11.4 Å². The SMILES string of the molecule is C=CCN1C(=O)/C(=C/c2cn(-c3ccccc3)nc2-c2ccc(OCc3ccccc3Cl)cc2)SC1=S. The molecule has 1 amide bonds. The molecule has 8 heteroatoms. The number of ether oxygens (including phenoxy) is 1. The topological polar surface area (TPSA) is 47.4 Å². The van der Waals surface area contributed by atoms with Crippen LogP contribution in [0.15, 0.2) is 103 Å². The fourth-order valence-corrected chi connectivity index (χ4v) is 5.30. The zero-order chi connectivity index (χ0) is 25.8. The van der Waals surface area contributed by atoms with Gasteiger partial charge in [0.2, 0.25) is 0 Å². The van der Waals surface area contributed by atoms with Crippen LogP contribution in [0.25, 0.3) is 23.0 Å². The standard InChI is InChI=1S/C29H22ClN3O2S2/c1-2-16-32-28(34)26(37-29(32)36)17-22-18-33(23-9-4-3-5-10-23)31-27(22)20-12-14-24(15-13-20)35-19-21-8-6-7-11-25(21)30/h2-15,17-18H,1,16,19H2/b26-17-. The number of thioether (sulfide) groups is 1. The zero-order valence-electron chi connectivity index (χ0n) is 19.7. The van der Waals surface area contributed by atoms with Crippen LogP contribution < -0.4 is 4.74 Å². The van der Waals surface area contributed by atoms with Gasteiger partial charge in [-0.05, 0) is 48.5 Å². The predicted octanol–water partition coefficient (Wildman–Crippen LogP) is 7.16. The molecule has 1 aliphatic heterocycles. The number of para-hydroxylation sites is 1. The molecule has 3 aromatic carbocycles. The number of aromatic nitrogens is 2. The van der Waals surface area contributed by atoms with Crippen molar-refractivity contribution in [3.63, 3.8) is 0 Å². The molecule has 5 rings (SSSR count). The fourth-order valence-electron chi connectivity index (χ4n) is 3.84. The van der Waals surface area contributed by atoms with E-state index in [1.165, 1.54) is 11.8 Å². The average Bonchev–Trinajstić information content (AvgIpc) is 3.46. The molecule has 0 unspecified atom stereocenters. The van der Waals surface area contributed by atoms with Crippen LogP contribution in [0.3, 0.4) is 0 Å². The minimum absolute atomic E-state index is 0.128. The maximum absolute atomic E-state index is 12.9. The van der Waals surface area contributed by atoms with Crippen molar-refractivity contribution in [2.45, 2.75) is 6.61 Å². The lowest BCUT2D eigenvalue weighted by molar-refractivity contribution is -0.121. The van der Waals surface area contributed by atoms with Crippen LogP contribution >= 0.6 is 35.6 Å². The van der Waals surface area contributed by atoms with Gasteiger partial charge in [-0.3, -0.25) is 9.69 Å². The van der Waals surface area contributed by atoms with Gasteiger partial charge >= 0.3 is 0 Å². The molecule has 1 fully saturated rings. The Morgan fingerprint density at radius 3 is 2.49 bits per heavy atom. The van der Waals surface area contributed by atoms with Crippen molar-refractivity contribution in [3.8, 4) is 22.7 Å². The molecule has 1 aromatic heterocycles. The Morgan fingerprint density at radius 2 is 1.76 bits per heavy atom. The molecule has 184 valence electrons. The number of hydrogen-bond acceptors (Lipinski definition) is 5. The highest BCUT2D eigenvalue weighted by atomic mass is 35.5. The van der Waals surface area contributed by atoms with Crippen molar-refractivity contribution in [2.75, 3.05) is 6.54 Å². The van der Waals surface area contributed by atoms with E-state index in [-0.39, 0.29) is 5.91 Å². The normalized spacial score (nSPS) is 14.4. The number of carbonyl (C=O) groups excluding carboxylic acids is 1. The smallest absolute Gasteiger partial charge is 0.266 e. The number of nitrogens with zero attached hydrogens (tertiary/aromatic N) is 3. The molecule has 0 atom stereocenters. The number of rotatable bonds is 8. The predicted molar refractivity (Wildman–Crippen MR) is 155 cm³/mol. The Balaban J connectivity index is 1.46. The lowest BCUT2D eigenvalue weighted by atomic mass is 10.1. The van der Waals surface area contributed by atoms with Crippen molar-refractivity contribution >= 4 is 51.9 Å². The minimum atomic E-state index is -0.128. The van der Waals surface area contributed by atoms with E-state index < -0.39 is 0 Å². The third-order valence-electron chi connectivity index (χ3n) is 5.72. The van der Waals surface area contributed by atoms with Gasteiger partial charge in [-0.15, -0.1) is 6.58 Å². The maximum Gasteiger partial charge on any atom is 0.266 e. The first-order chi connectivity index (χ1) is 18.0. The second-order valence-electron chi connectivity index (χ2n) is 8.20. The Labute approximate surface area is 230 Å². The molecule has 0 bridgehead atoms.